The first-order chi connectivity index (χ1) is 6.15. The van der Waals surface area contributed by atoms with E-state index in [1.165, 1.54) is 0 Å². The Labute approximate surface area is 76.8 Å². The molecule has 0 aliphatic carbocycles. The summed E-state index contributed by atoms with van der Waals surface area (Å²) in [7, 11) is 0. The van der Waals surface area contributed by atoms with Gasteiger partial charge in [0.25, 0.3) is 0 Å². The zero-order valence-corrected chi connectivity index (χ0v) is 7.41. The van der Waals surface area contributed by atoms with Crippen LogP contribution in [0.5, 0.6) is 0 Å². The van der Waals surface area contributed by atoms with Gasteiger partial charge in [-0.3, -0.25) is 0 Å². The molecular weight excluding hydrogens is 166 g/mol. The number of nitrogens with two attached hydrogens (primary N) is 1. The number of benzene rings is 1. The van der Waals surface area contributed by atoms with Gasteiger partial charge in [-0.15, -0.1) is 0 Å². The van der Waals surface area contributed by atoms with Crippen LogP contribution in [0.3, 0.4) is 0 Å². The second-order valence-electron chi connectivity index (χ2n) is 2.76. The Morgan fingerprint density at radius 1 is 1.31 bits per heavy atom. The van der Waals surface area contributed by atoms with E-state index in [9.17, 15) is 4.79 Å². The summed E-state index contributed by atoms with van der Waals surface area (Å²) in [5.74, 6) is 4.20. The molecule has 0 saturated carbocycles. The van der Waals surface area contributed by atoms with Crippen LogP contribution < -0.4 is 5.90 Å². The van der Waals surface area contributed by atoms with Gasteiger partial charge in [-0.2, -0.15) is 5.90 Å². The van der Waals surface area contributed by atoms with Crippen molar-refractivity contribution in [3.63, 3.8) is 0 Å². The molecule has 1 aromatic rings. The van der Waals surface area contributed by atoms with Crippen LogP contribution in [-0.2, 0) is 4.84 Å². The molecule has 1 rings (SSSR count). The number of hydrogen-bond donors (Lipinski definition) is 1. The maximum Gasteiger partial charge on any atom is 0.356 e. The molecule has 1 aromatic carbocycles. The Morgan fingerprint density at radius 3 is 2.15 bits per heavy atom. The Bertz CT molecular complexity index is 327. The van der Waals surface area contributed by atoms with E-state index in [2.05, 4.69) is 11.4 Å². The highest BCUT2D eigenvalue weighted by Gasteiger charge is 2.04. The third-order valence-electron chi connectivity index (χ3n) is 1.72. The van der Waals surface area contributed by atoms with Gasteiger partial charge in [-0.05, 0) is 24.6 Å². The molecule has 3 nitrogen and oxygen atoms in total. The highest BCUT2D eigenvalue weighted by molar-refractivity contribution is 5.89. The van der Waals surface area contributed by atoms with Gasteiger partial charge in [-0.25, -0.2) is 4.79 Å². The van der Waals surface area contributed by atoms with Crippen molar-refractivity contribution in [2.45, 2.75) is 6.92 Å². The zero-order valence-electron chi connectivity index (χ0n) is 7.41. The minimum absolute atomic E-state index is 0.438. The SMILES string of the molecule is C=C(C)c1ccc(C(=O)ON)cc1. The zero-order chi connectivity index (χ0) is 9.84. The summed E-state index contributed by atoms with van der Waals surface area (Å²) >= 11 is 0. The molecule has 0 heterocycles. The average Bonchev–Trinajstić information content (AvgIpc) is 2.17. The summed E-state index contributed by atoms with van der Waals surface area (Å²) in [6.07, 6.45) is 0. The summed E-state index contributed by atoms with van der Waals surface area (Å²) < 4.78 is 0. The molecule has 0 bridgehead atoms. The topological polar surface area (TPSA) is 52.3 Å². The van der Waals surface area contributed by atoms with Gasteiger partial charge in [0, 0.05) is 0 Å². The van der Waals surface area contributed by atoms with E-state index in [0.29, 0.717) is 5.56 Å². The maximum atomic E-state index is 10.9. The number of allylic oxidation sites excluding steroid dienone is 1. The van der Waals surface area contributed by atoms with E-state index in [4.69, 9.17) is 5.90 Å². The summed E-state index contributed by atoms with van der Waals surface area (Å²) in [5.41, 5.74) is 2.38. The van der Waals surface area contributed by atoms with Crippen LogP contribution in [0.1, 0.15) is 22.8 Å². The van der Waals surface area contributed by atoms with E-state index in [1.807, 2.05) is 6.92 Å². The molecule has 3 heteroatoms. The Morgan fingerprint density at radius 2 is 1.77 bits per heavy atom. The van der Waals surface area contributed by atoms with Crippen LogP contribution in [0.2, 0.25) is 0 Å². The minimum atomic E-state index is -0.534. The van der Waals surface area contributed by atoms with Crippen LogP contribution in [0.4, 0.5) is 0 Å². The number of hydrogen-bond acceptors (Lipinski definition) is 3. The molecule has 0 unspecified atom stereocenters. The van der Waals surface area contributed by atoms with Crippen molar-refractivity contribution in [3.05, 3.63) is 42.0 Å². The first-order valence-electron chi connectivity index (χ1n) is 3.82. The summed E-state index contributed by atoms with van der Waals surface area (Å²) in [4.78, 5) is 15.0. The molecule has 0 fully saturated rings. The fourth-order valence-electron chi connectivity index (χ4n) is 0.959. The molecule has 0 aromatic heterocycles. The van der Waals surface area contributed by atoms with Crippen molar-refractivity contribution in [1.82, 2.24) is 0 Å². The highest BCUT2D eigenvalue weighted by atomic mass is 16.7. The number of carbonyl (C=O) groups excluding carboxylic acids is 1. The normalized spacial score (nSPS) is 9.38. The van der Waals surface area contributed by atoms with Gasteiger partial charge in [0.2, 0.25) is 0 Å². The van der Waals surface area contributed by atoms with Crippen molar-refractivity contribution >= 4 is 11.5 Å². The Kier molecular flexibility index (Phi) is 2.82. The van der Waals surface area contributed by atoms with Crippen molar-refractivity contribution in [1.29, 1.82) is 0 Å². The monoisotopic (exact) mass is 177 g/mol. The minimum Gasteiger partial charge on any atom is -0.370 e. The maximum absolute atomic E-state index is 10.9. The van der Waals surface area contributed by atoms with Crippen molar-refractivity contribution < 1.29 is 9.63 Å². The summed E-state index contributed by atoms with van der Waals surface area (Å²) in [6, 6.07) is 6.90. The van der Waals surface area contributed by atoms with Gasteiger partial charge in [0.15, 0.2) is 0 Å². The molecule has 68 valence electrons. The second-order valence-corrected chi connectivity index (χ2v) is 2.76. The van der Waals surface area contributed by atoms with Gasteiger partial charge in [-0.1, -0.05) is 24.3 Å². The highest BCUT2D eigenvalue weighted by Crippen LogP contribution is 2.12. The Hall–Kier alpha value is -1.61. The van der Waals surface area contributed by atoms with Gasteiger partial charge >= 0.3 is 5.97 Å². The standard InChI is InChI=1S/C10H11NO2/c1-7(2)8-3-5-9(6-4-8)10(12)13-11/h3-6H,1,11H2,2H3. The van der Waals surface area contributed by atoms with Crippen LogP contribution in [0.25, 0.3) is 5.57 Å². The van der Waals surface area contributed by atoms with Gasteiger partial charge in [0.05, 0.1) is 5.56 Å². The quantitative estimate of drug-likeness (QED) is 0.700. The Balaban J connectivity index is 2.93. The van der Waals surface area contributed by atoms with E-state index in [0.717, 1.165) is 11.1 Å². The lowest BCUT2D eigenvalue weighted by Gasteiger charge is -2.00. The van der Waals surface area contributed by atoms with E-state index >= 15 is 0 Å². The fourth-order valence-corrected chi connectivity index (χ4v) is 0.959. The molecule has 0 amide bonds. The number of carbonyl (C=O) groups is 1. The van der Waals surface area contributed by atoms with Crippen LogP contribution in [0.15, 0.2) is 30.8 Å². The van der Waals surface area contributed by atoms with Crippen molar-refractivity contribution in [3.8, 4) is 0 Å². The van der Waals surface area contributed by atoms with E-state index in [1.54, 1.807) is 24.3 Å². The third-order valence-corrected chi connectivity index (χ3v) is 1.72. The predicted molar refractivity (Wildman–Crippen MR) is 50.8 cm³/mol. The third kappa shape index (κ3) is 2.16. The molecule has 0 spiro atoms. The van der Waals surface area contributed by atoms with E-state index < -0.39 is 5.97 Å². The molecule has 0 aliphatic rings. The van der Waals surface area contributed by atoms with E-state index in [-0.39, 0.29) is 0 Å². The molecular formula is C10H11NO2. The smallest absolute Gasteiger partial charge is 0.356 e. The largest absolute Gasteiger partial charge is 0.370 e. The van der Waals surface area contributed by atoms with Crippen molar-refractivity contribution in [2.75, 3.05) is 0 Å². The molecule has 13 heavy (non-hydrogen) atoms. The molecule has 0 atom stereocenters. The first kappa shape index (κ1) is 9.48. The number of rotatable bonds is 2. The van der Waals surface area contributed by atoms with Gasteiger partial charge in [0.1, 0.15) is 0 Å². The van der Waals surface area contributed by atoms with Gasteiger partial charge < -0.3 is 4.84 Å². The van der Waals surface area contributed by atoms with Crippen LogP contribution in [-0.4, -0.2) is 5.97 Å². The summed E-state index contributed by atoms with van der Waals surface area (Å²) in [6.45, 7) is 5.68. The second kappa shape index (κ2) is 3.87. The first-order valence-corrected chi connectivity index (χ1v) is 3.82. The average molecular weight is 177 g/mol. The van der Waals surface area contributed by atoms with Crippen LogP contribution in [0, 0.1) is 0 Å². The lowest BCUT2D eigenvalue weighted by molar-refractivity contribution is 0.0503. The lowest BCUT2D eigenvalue weighted by atomic mass is 10.1. The van der Waals surface area contributed by atoms with Crippen LogP contribution >= 0.6 is 0 Å². The molecule has 0 saturated heterocycles. The summed E-state index contributed by atoms with van der Waals surface area (Å²) in [5, 5.41) is 0. The fraction of sp³-hybridized carbons (Fsp3) is 0.100. The molecule has 2 N–H and O–H groups in total. The lowest BCUT2D eigenvalue weighted by Crippen LogP contribution is -2.09. The molecule has 0 radical (unpaired) electrons. The molecule has 0 aliphatic heterocycles. The van der Waals surface area contributed by atoms with Crippen molar-refractivity contribution in [2.24, 2.45) is 5.90 Å². The predicted octanol–water partition coefficient (Wildman–Crippen LogP) is 1.75.